The van der Waals surface area contributed by atoms with Crippen LogP contribution in [0.1, 0.15) is 20.8 Å². The smallest absolute Gasteiger partial charge is 0.159 e. The standard InChI is InChI=1S/C12H16O/c1-5-6-7-8-12(11(4)13)9-10(2)3/h5-9H,2H2,1,3-4H3/b6-5-,8-7-,12-9-. The molecular weight excluding hydrogens is 160 g/mol. The fourth-order valence-electron chi connectivity index (χ4n) is 0.803. The first kappa shape index (κ1) is 11.6. The summed E-state index contributed by atoms with van der Waals surface area (Å²) >= 11 is 0. The Labute approximate surface area is 80.2 Å². The largest absolute Gasteiger partial charge is 0.295 e. The van der Waals surface area contributed by atoms with Crippen molar-refractivity contribution >= 4 is 5.78 Å². The van der Waals surface area contributed by atoms with Gasteiger partial charge in [-0.1, -0.05) is 36.5 Å². The van der Waals surface area contributed by atoms with Crippen LogP contribution >= 0.6 is 0 Å². The van der Waals surface area contributed by atoms with E-state index in [1.165, 1.54) is 0 Å². The van der Waals surface area contributed by atoms with E-state index in [2.05, 4.69) is 6.58 Å². The zero-order valence-corrected chi connectivity index (χ0v) is 8.50. The Morgan fingerprint density at radius 2 is 1.85 bits per heavy atom. The number of carbonyl (C=O) groups is 1. The van der Waals surface area contributed by atoms with E-state index in [9.17, 15) is 4.79 Å². The lowest BCUT2D eigenvalue weighted by Crippen LogP contribution is -1.92. The Morgan fingerprint density at radius 3 is 2.23 bits per heavy atom. The van der Waals surface area contributed by atoms with Crippen LogP contribution in [0.3, 0.4) is 0 Å². The number of ketones is 1. The molecule has 0 fully saturated rings. The van der Waals surface area contributed by atoms with Gasteiger partial charge < -0.3 is 0 Å². The van der Waals surface area contributed by atoms with Crippen molar-refractivity contribution < 1.29 is 4.79 Å². The van der Waals surface area contributed by atoms with Gasteiger partial charge in [0.25, 0.3) is 0 Å². The molecule has 0 aromatic heterocycles. The zero-order chi connectivity index (χ0) is 10.3. The number of allylic oxidation sites excluding steroid dienone is 7. The van der Waals surface area contributed by atoms with Gasteiger partial charge in [0.1, 0.15) is 0 Å². The number of Topliss-reactive ketones (excluding diaryl/α,β-unsaturated/α-hetero) is 1. The topological polar surface area (TPSA) is 17.1 Å². The molecule has 0 atom stereocenters. The first-order valence-electron chi connectivity index (χ1n) is 4.25. The summed E-state index contributed by atoms with van der Waals surface area (Å²) in [5.41, 5.74) is 1.57. The molecule has 0 aromatic rings. The van der Waals surface area contributed by atoms with Gasteiger partial charge in [0.2, 0.25) is 0 Å². The Bertz CT molecular complexity index is 277. The third-order valence-corrected chi connectivity index (χ3v) is 1.39. The average Bonchev–Trinajstić information content (AvgIpc) is 2.02. The normalized spacial score (nSPS) is 12.7. The molecule has 0 bridgehead atoms. The predicted octanol–water partition coefficient (Wildman–Crippen LogP) is 3.21. The van der Waals surface area contributed by atoms with E-state index in [1.54, 1.807) is 19.1 Å². The second-order valence-corrected chi connectivity index (χ2v) is 2.89. The minimum Gasteiger partial charge on any atom is -0.295 e. The fourth-order valence-corrected chi connectivity index (χ4v) is 0.803. The molecule has 0 aliphatic heterocycles. The molecule has 0 N–H and O–H groups in total. The third kappa shape index (κ3) is 5.85. The quantitative estimate of drug-likeness (QED) is 0.475. The van der Waals surface area contributed by atoms with Crippen molar-refractivity contribution in [2.75, 3.05) is 0 Å². The summed E-state index contributed by atoms with van der Waals surface area (Å²) in [6.07, 6.45) is 9.21. The molecule has 0 heterocycles. The van der Waals surface area contributed by atoms with Crippen molar-refractivity contribution in [3.05, 3.63) is 48.1 Å². The molecule has 0 amide bonds. The minimum atomic E-state index is 0.0590. The van der Waals surface area contributed by atoms with Crippen molar-refractivity contribution in [3.63, 3.8) is 0 Å². The van der Waals surface area contributed by atoms with Gasteiger partial charge in [0.15, 0.2) is 5.78 Å². The number of carbonyl (C=O) groups excluding carboxylic acids is 1. The van der Waals surface area contributed by atoms with Crippen LogP contribution in [0, 0.1) is 0 Å². The van der Waals surface area contributed by atoms with Gasteiger partial charge in [-0.3, -0.25) is 4.79 Å². The predicted molar refractivity (Wildman–Crippen MR) is 57.5 cm³/mol. The van der Waals surface area contributed by atoms with Crippen LogP contribution in [0.5, 0.6) is 0 Å². The third-order valence-electron chi connectivity index (χ3n) is 1.39. The van der Waals surface area contributed by atoms with Crippen LogP contribution in [0.25, 0.3) is 0 Å². The molecule has 70 valence electrons. The highest BCUT2D eigenvalue weighted by atomic mass is 16.1. The van der Waals surface area contributed by atoms with Crippen molar-refractivity contribution in [1.29, 1.82) is 0 Å². The second kappa shape index (κ2) is 6.18. The highest BCUT2D eigenvalue weighted by molar-refractivity contribution is 5.96. The van der Waals surface area contributed by atoms with Crippen molar-refractivity contribution in [2.45, 2.75) is 20.8 Å². The molecule has 0 saturated carbocycles. The summed E-state index contributed by atoms with van der Waals surface area (Å²) in [5, 5.41) is 0. The Balaban J connectivity index is 4.63. The van der Waals surface area contributed by atoms with E-state index >= 15 is 0 Å². The average molecular weight is 176 g/mol. The number of rotatable bonds is 4. The molecule has 0 saturated heterocycles. The first-order valence-corrected chi connectivity index (χ1v) is 4.25. The summed E-state index contributed by atoms with van der Waals surface area (Å²) in [7, 11) is 0. The molecule has 0 rings (SSSR count). The Hall–Kier alpha value is -1.37. The van der Waals surface area contributed by atoms with Gasteiger partial charge in [0.05, 0.1) is 0 Å². The Morgan fingerprint density at radius 1 is 1.23 bits per heavy atom. The lowest BCUT2D eigenvalue weighted by Gasteiger charge is -1.94. The van der Waals surface area contributed by atoms with Crippen molar-refractivity contribution in [3.8, 4) is 0 Å². The van der Waals surface area contributed by atoms with Gasteiger partial charge in [-0.05, 0) is 26.8 Å². The van der Waals surface area contributed by atoms with Crippen molar-refractivity contribution in [1.82, 2.24) is 0 Å². The lowest BCUT2D eigenvalue weighted by atomic mass is 10.1. The zero-order valence-electron chi connectivity index (χ0n) is 8.50. The van der Waals surface area contributed by atoms with Crippen LogP contribution in [-0.4, -0.2) is 5.78 Å². The van der Waals surface area contributed by atoms with Crippen LogP contribution in [-0.2, 0) is 4.79 Å². The fraction of sp³-hybridized carbons (Fsp3) is 0.250. The van der Waals surface area contributed by atoms with E-state index < -0.39 is 0 Å². The molecule has 0 aliphatic rings. The Kier molecular flexibility index (Phi) is 5.53. The maximum Gasteiger partial charge on any atom is 0.159 e. The summed E-state index contributed by atoms with van der Waals surface area (Å²) in [6, 6.07) is 0. The number of hydrogen-bond acceptors (Lipinski definition) is 1. The van der Waals surface area contributed by atoms with Gasteiger partial charge in [-0.2, -0.15) is 0 Å². The van der Waals surface area contributed by atoms with Gasteiger partial charge in [0, 0.05) is 5.57 Å². The molecule has 0 spiro atoms. The van der Waals surface area contributed by atoms with Gasteiger partial charge in [-0.15, -0.1) is 0 Å². The highest BCUT2D eigenvalue weighted by Gasteiger charge is 1.97. The van der Waals surface area contributed by atoms with Crippen LogP contribution in [0.4, 0.5) is 0 Å². The van der Waals surface area contributed by atoms with E-state index in [0.717, 1.165) is 5.57 Å². The molecule has 0 aliphatic carbocycles. The molecule has 0 aromatic carbocycles. The molecule has 0 unspecified atom stereocenters. The van der Waals surface area contributed by atoms with E-state index in [1.807, 2.05) is 32.1 Å². The van der Waals surface area contributed by atoms with Crippen LogP contribution in [0.15, 0.2) is 48.1 Å². The maximum atomic E-state index is 11.1. The van der Waals surface area contributed by atoms with E-state index in [4.69, 9.17) is 0 Å². The van der Waals surface area contributed by atoms with Crippen LogP contribution in [0.2, 0.25) is 0 Å². The SMILES string of the molecule is C=C(C)/C=C(/C=C\C=C/C)C(C)=O. The number of hydrogen-bond donors (Lipinski definition) is 0. The van der Waals surface area contributed by atoms with Crippen molar-refractivity contribution in [2.24, 2.45) is 0 Å². The summed E-state index contributed by atoms with van der Waals surface area (Å²) < 4.78 is 0. The second-order valence-electron chi connectivity index (χ2n) is 2.89. The van der Waals surface area contributed by atoms with Crippen LogP contribution < -0.4 is 0 Å². The van der Waals surface area contributed by atoms with E-state index in [-0.39, 0.29) is 5.78 Å². The molecule has 1 heteroatoms. The summed E-state index contributed by atoms with van der Waals surface area (Å²) in [6.45, 7) is 9.07. The molecule has 13 heavy (non-hydrogen) atoms. The van der Waals surface area contributed by atoms with Gasteiger partial charge >= 0.3 is 0 Å². The van der Waals surface area contributed by atoms with E-state index in [0.29, 0.717) is 5.57 Å². The molecule has 1 nitrogen and oxygen atoms in total. The molecule has 0 radical (unpaired) electrons. The summed E-state index contributed by atoms with van der Waals surface area (Å²) in [5.74, 6) is 0.0590. The maximum absolute atomic E-state index is 11.1. The highest BCUT2D eigenvalue weighted by Crippen LogP contribution is 2.03. The lowest BCUT2D eigenvalue weighted by molar-refractivity contribution is -0.113. The minimum absolute atomic E-state index is 0.0590. The molecular formula is C12H16O. The van der Waals surface area contributed by atoms with Gasteiger partial charge in [-0.25, -0.2) is 0 Å². The monoisotopic (exact) mass is 176 g/mol. The first-order chi connectivity index (χ1) is 6.07. The summed E-state index contributed by atoms with van der Waals surface area (Å²) in [4.78, 5) is 11.1.